The molecule has 0 bridgehead atoms. The van der Waals surface area contributed by atoms with Crippen molar-refractivity contribution in [1.82, 2.24) is 20.3 Å². The fourth-order valence-corrected chi connectivity index (χ4v) is 2.24. The minimum atomic E-state index is -0.327. The molecule has 2 rings (SSSR count). The monoisotopic (exact) mass is 359 g/mol. The molecule has 1 aromatic heterocycles. The van der Waals surface area contributed by atoms with Gasteiger partial charge in [0.1, 0.15) is 12.3 Å². The molecule has 0 unspecified atom stereocenters. The summed E-state index contributed by atoms with van der Waals surface area (Å²) in [6, 6.07) is 11.0. The number of anilines is 1. The highest BCUT2D eigenvalue weighted by molar-refractivity contribution is 5.93. The van der Waals surface area contributed by atoms with Crippen molar-refractivity contribution in [3.8, 4) is 0 Å². The number of carbonyl (C=O) groups is 2. The van der Waals surface area contributed by atoms with Gasteiger partial charge in [0.25, 0.3) is 0 Å². The molecule has 0 radical (unpaired) electrons. The predicted molar refractivity (Wildman–Crippen MR) is 98.7 cm³/mol. The van der Waals surface area contributed by atoms with E-state index in [1.165, 1.54) is 4.90 Å². The van der Waals surface area contributed by atoms with Gasteiger partial charge in [-0.15, -0.1) is 0 Å². The van der Waals surface area contributed by atoms with Crippen LogP contribution in [0.5, 0.6) is 0 Å². The Morgan fingerprint density at radius 3 is 2.50 bits per heavy atom. The molecular weight excluding hydrogens is 334 g/mol. The largest absolute Gasteiger partial charge is 0.360 e. The van der Waals surface area contributed by atoms with Crippen molar-refractivity contribution < 1.29 is 14.1 Å². The van der Waals surface area contributed by atoms with E-state index >= 15 is 0 Å². The van der Waals surface area contributed by atoms with Gasteiger partial charge in [0.15, 0.2) is 5.82 Å². The molecule has 0 aliphatic carbocycles. The Bertz CT molecular complexity index is 715. The number of amides is 3. The Morgan fingerprint density at radius 1 is 1.15 bits per heavy atom. The topological polar surface area (TPSA) is 90.7 Å². The smallest absolute Gasteiger partial charge is 0.318 e. The molecule has 0 aliphatic heterocycles. The van der Waals surface area contributed by atoms with Gasteiger partial charge in [-0.25, -0.2) is 4.79 Å². The first kappa shape index (κ1) is 19.5. The highest BCUT2D eigenvalue weighted by atomic mass is 16.5. The Balaban J connectivity index is 1.92. The van der Waals surface area contributed by atoms with Crippen molar-refractivity contribution in [1.29, 1.82) is 0 Å². The lowest BCUT2D eigenvalue weighted by Gasteiger charge is -2.24. The first-order chi connectivity index (χ1) is 12.4. The van der Waals surface area contributed by atoms with Gasteiger partial charge >= 0.3 is 6.03 Å². The van der Waals surface area contributed by atoms with Crippen LogP contribution >= 0.6 is 0 Å². The number of urea groups is 1. The van der Waals surface area contributed by atoms with Crippen molar-refractivity contribution in [3.63, 3.8) is 0 Å². The zero-order valence-electron chi connectivity index (χ0n) is 15.4. The maximum atomic E-state index is 12.5. The SMILES string of the molecule is Cc1cc(NC(=O)CN(CCN(C)C)C(=O)NCc2ccccc2)no1. The molecule has 1 aromatic carbocycles. The van der Waals surface area contributed by atoms with E-state index in [9.17, 15) is 9.59 Å². The predicted octanol–water partition coefficient (Wildman–Crippen LogP) is 1.69. The normalized spacial score (nSPS) is 10.6. The summed E-state index contributed by atoms with van der Waals surface area (Å²) in [5.41, 5.74) is 0.996. The standard InChI is InChI=1S/C18H25N5O3/c1-14-11-16(21-26-14)20-17(24)13-23(10-9-22(2)3)18(25)19-12-15-7-5-4-6-8-15/h4-8,11H,9-10,12-13H2,1-3H3,(H,19,25)(H,20,21,24). The highest BCUT2D eigenvalue weighted by Crippen LogP contribution is 2.07. The van der Waals surface area contributed by atoms with Crippen molar-refractivity contribution in [2.75, 3.05) is 39.0 Å². The molecule has 0 saturated carbocycles. The van der Waals surface area contributed by atoms with Gasteiger partial charge in [-0.1, -0.05) is 35.5 Å². The summed E-state index contributed by atoms with van der Waals surface area (Å²) in [4.78, 5) is 28.2. The van der Waals surface area contributed by atoms with Crippen LogP contribution in [0.2, 0.25) is 0 Å². The van der Waals surface area contributed by atoms with Crippen LogP contribution in [0, 0.1) is 6.92 Å². The van der Waals surface area contributed by atoms with E-state index in [1.807, 2.05) is 49.3 Å². The Morgan fingerprint density at radius 2 is 1.88 bits per heavy atom. The van der Waals surface area contributed by atoms with Gasteiger partial charge in [0.2, 0.25) is 5.91 Å². The number of aromatic nitrogens is 1. The van der Waals surface area contributed by atoms with E-state index in [2.05, 4.69) is 15.8 Å². The summed E-state index contributed by atoms with van der Waals surface area (Å²) in [6.07, 6.45) is 0. The minimum absolute atomic E-state index is 0.0691. The first-order valence-corrected chi connectivity index (χ1v) is 8.38. The second-order valence-electron chi connectivity index (χ2n) is 6.24. The lowest BCUT2D eigenvalue weighted by molar-refractivity contribution is -0.116. The van der Waals surface area contributed by atoms with Crippen LogP contribution in [0.25, 0.3) is 0 Å². The van der Waals surface area contributed by atoms with Gasteiger partial charge in [-0.05, 0) is 26.6 Å². The lowest BCUT2D eigenvalue weighted by atomic mass is 10.2. The van der Waals surface area contributed by atoms with E-state index in [0.717, 1.165) is 5.56 Å². The van der Waals surface area contributed by atoms with Crippen molar-refractivity contribution in [2.24, 2.45) is 0 Å². The summed E-state index contributed by atoms with van der Waals surface area (Å²) < 4.78 is 4.92. The number of likely N-dealkylation sites (N-methyl/N-ethyl adjacent to an activating group) is 1. The van der Waals surface area contributed by atoms with Crippen LogP contribution in [0.4, 0.5) is 10.6 Å². The molecule has 0 saturated heterocycles. The third-order valence-corrected chi connectivity index (χ3v) is 3.62. The lowest BCUT2D eigenvalue weighted by Crippen LogP contribution is -2.46. The number of rotatable bonds is 8. The molecule has 0 spiro atoms. The molecule has 1 heterocycles. The van der Waals surface area contributed by atoms with E-state index < -0.39 is 0 Å². The number of nitrogens with zero attached hydrogens (tertiary/aromatic N) is 3. The summed E-state index contributed by atoms with van der Waals surface area (Å²) >= 11 is 0. The number of hydrogen-bond donors (Lipinski definition) is 2. The highest BCUT2D eigenvalue weighted by Gasteiger charge is 2.18. The number of benzene rings is 1. The van der Waals surface area contributed by atoms with Gasteiger partial charge in [-0.3, -0.25) is 4.79 Å². The third-order valence-electron chi connectivity index (χ3n) is 3.62. The summed E-state index contributed by atoms with van der Waals surface area (Å²) in [7, 11) is 3.83. The number of aryl methyl sites for hydroxylation is 1. The van der Waals surface area contributed by atoms with Gasteiger partial charge in [-0.2, -0.15) is 0 Å². The van der Waals surface area contributed by atoms with Crippen LogP contribution in [-0.2, 0) is 11.3 Å². The molecule has 2 N–H and O–H groups in total. The Labute approximate surface area is 153 Å². The maximum Gasteiger partial charge on any atom is 0.318 e. The zero-order valence-corrected chi connectivity index (χ0v) is 15.4. The summed E-state index contributed by atoms with van der Waals surface area (Å²) in [5.74, 6) is 0.613. The Kier molecular flexibility index (Phi) is 7.16. The Hall–Kier alpha value is -2.87. The summed E-state index contributed by atoms with van der Waals surface area (Å²) in [6.45, 7) is 3.15. The van der Waals surface area contributed by atoms with E-state index in [-0.39, 0.29) is 18.5 Å². The fourth-order valence-electron chi connectivity index (χ4n) is 2.24. The van der Waals surface area contributed by atoms with Crippen molar-refractivity contribution in [3.05, 3.63) is 47.7 Å². The van der Waals surface area contributed by atoms with Crippen LogP contribution < -0.4 is 10.6 Å². The maximum absolute atomic E-state index is 12.5. The average molecular weight is 359 g/mol. The van der Waals surface area contributed by atoms with Crippen LogP contribution in [-0.4, -0.2) is 60.6 Å². The quantitative estimate of drug-likeness (QED) is 0.749. The molecule has 8 nitrogen and oxygen atoms in total. The van der Waals surface area contributed by atoms with Crippen LogP contribution in [0.3, 0.4) is 0 Å². The molecule has 2 aromatic rings. The van der Waals surface area contributed by atoms with Crippen LogP contribution in [0.15, 0.2) is 40.9 Å². The number of hydrogen-bond acceptors (Lipinski definition) is 5. The minimum Gasteiger partial charge on any atom is -0.360 e. The van der Waals surface area contributed by atoms with Gasteiger partial charge < -0.3 is 25.0 Å². The number of nitrogens with one attached hydrogen (secondary N) is 2. The molecule has 26 heavy (non-hydrogen) atoms. The van der Waals surface area contributed by atoms with Crippen molar-refractivity contribution >= 4 is 17.8 Å². The fraction of sp³-hybridized carbons (Fsp3) is 0.389. The summed E-state index contributed by atoms with van der Waals surface area (Å²) in [5, 5.41) is 9.20. The van der Waals surface area contributed by atoms with Gasteiger partial charge in [0.05, 0.1) is 0 Å². The average Bonchev–Trinajstić information content (AvgIpc) is 3.01. The molecule has 140 valence electrons. The number of carbonyl (C=O) groups excluding carboxylic acids is 2. The van der Waals surface area contributed by atoms with Crippen molar-refractivity contribution in [2.45, 2.75) is 13.5 Å². The third kappa shape index (κ3) is 6.56. The molecular formula is C18H25N5O3. The molecule has 0 aliphatic rings. The molecule has 0 fully saturated rings. The van der Waals surface area contributed by atoms with E-state index in [1.54, 1.807) is 13.0 Å². The van der Waals surface area contributed by atoms with Gasteiger partial charge in [0, 0.05) is 25.7 Å². The second kappa shape index (κ2) is 9.57. The van der Waals surface area contributed by atoms with E-state index in [0.29, 0.717) is 31.2 Å². The molecule has 8 heteroatoms. The molecule has 3 amide bonds. The zero-order chi connectivity index (χ0) is 18.9. The van der Waals surface area contributed by atoms with Crippen LogP contribution in [0.1, 0.15) is 11.3 Å². The second-order valence-corrected chi connectivity index (χ2v) is 6.24. The molecule has 0 atom stereocenters. The first-order valence-electron chi connectivity index (χ1n) is 8.38. The van der Waals surface area contributed by atoms with E-state index in [4.69, 9.17) is 4.52 Å².